The van der Waals surface area contributed by atoms with Gasteiger partial charge in [0.1, 0.15) is 0 Å². The van der Waals surface area contributed by atoms with Gasteiger partial charge in [-0.2, -0.15) is 0 Å². The summed E-state index contributed by atoms with van der Waals surface area (Å²) in [6.07, 6.45) is 0. The minimum Gasteiger partial charge on any atom is -0.462 e. The summed E-state index contributed by atoms with van der Waals surface area (Å²) in [5.41, 5.74) is 0.337. The van der Waals surface area contributed by atoms with E-state index in [0.717, 1.165) is 6.07 Å². The van der Waals surface area contributed by atoms with Gasteiger partial charge >= 0.3 is 5.97 Å². The fraction of sp³-hybridized carbons (Fsp3) is 0.125. The smallest absolute Gasteiger partial charge is 0.338 e. The Morgan fingerprint density at radius 3 is 2.44 bits per heavy atom. The monoisotopic (exact) mass is 382 g/mol. The van der Waals surface area contributed by atoms with Crippen LogP contribution < -0.4 is 5.32 Å². The summed E-state index contributed by atoms with van der Waals surface area (Å²) in [6.45, 7) is 1.91. The topological polar surface area (TPSA) is 98.5 Å². The lowest BCUT2D eigenvalue weighted by atomic mass is 10.1. The van der Waals surface area contributed by atoms with E-state index >= 15 is 0 Å². The van der Waals surface area contributed by atoms with Crippen molar-refractivity contribution in [1.82, 2.24) is 0 Å². The third-order valence-corrected chi connectivity index (χ3v) is 3.76. The second kappa shape index (κ2) is 7.96. The zero-order valence-corrected chi connectivity index (χ0v) is 14.4. The van der Waals surface area contributed by atoms with Gasteiger partial charge < -0.3 is 10.1 Å². The molecule has 0 unspecified atom stereocenters. The lowest BCUT2D eigenvalue weighted by Crippen LogP contribution is -2.13. The number of rotatable bonds is 5. The molecule has 0 aromatic heterocycles. The average molecular weight is 383 g/mol. The van der Waals surface area contributed by atoms with Crippen molar-refractivity contribution >= 4 is 46.5 Å². The standard InChI is InChI=1S/C16H12Cl2N2O5/c1-2-25-16(22)9-3-6-14(13(18)7-9)19-15(21)11-5-4-10(20(23)24)8-12(11)17/h3-8H,2H2,1H3,(H,19,21). The molecule has 0 saturated heterocycles. The number of esters is 1. The van der Waals surface area contributed by atoms with E-state index in [1.807, 2.05) is 0 Å². The molecule has 130 valence electrons. The summed E-state index contributed by atoms with van der Waals surface area (Å²) in [6, 6.07) is 7.78. The van der Waals surface area contributed by atoms with Crippen LogP contribution in [0.25, 0.3) is 0 Å². The first-order chi connectivity index (χ1) is 11.8. The number of carbonyl (C=O) groups is 2. The molecule has 2 rings (SSSR count). The van der Waals surface area contributed by atoms with E-state index < -0.39 is 16.8 Å². The molecular weight excluding hydrogens is 371 g/mol. The highest BCUT2D eigenvalue weighted by Crippen LogP contribution is 2.27. The normalized spacial score (nSPS) is 10.2. The maximum Gasteiger partial charge on any atom is 0.338 e. The molecule has 0 heterocycles. The van der Waals surface area contributed by atoms with Crippen molar-refractivity contribution in [2.75, 3.05) is 11.9 Å². The fourth-order valence-electron chi connectivity index (χ4n) is 1.95. The Morgan fingerprint density at radius 1 is 1.16 bits per heavy atom. The van der Waals surface area contributed by atoms with Crippen LogP contribution in [0.3, 0.4) is 0 Å². The molecule has 1 N–H and O–H groups in total. The predicted octanol–water partition coefficient (Wildman–Crippen LogP) is 4.33. The predicted molar refractivity (Wildman–Crippen MR) is 93.5 cm³/mol. The maximum atomic E-state index is 12.3. The van der Waals surface area contributed by atoms with Crippen molar-refractivity contribution < 1.29 is 19.2 Å². The first-order valence-corrected chi connectivity index (χ1v) is 7.81. The number of carbonyl (C=O) groups excluding carboxylic acids is 2. The Hall–Kier alpha value is -2.64. The van der Waals surface area contributed by atoms with Crippen LogP contribution in [0.2, 0.25) is 10.0 Å². The minimum atomic E-state index is -0.613. The van der Waals surface area contributed by atoms with Gasteiger partial charge in [0.2, 0.25) is 0 Å². The summed E-state index contributed by atoms with van der Waals surface area (Å²) in [7, 11) is 0. The number of nitro benzene ring substituents is 1. The molecule has 7 nitrogen and oxygen atoms in total. The van der Waals surface area contributed by atoms with Gasteiger partial charge in [-0.3, -0.25) is 14.9 Å². The summed E-state index contributed by atoms with van der Waals surface area (Å²) in [5, 5.41) is 13.3. The molecule has 0 radical (unpaired) electrons. The van der Waals surface area contributed by atoms with Crippen LogP contribution in [0.5, 0.6) is 0 Å². The zero-order chi connectivity index (χ0) is 18.6. The molecule has 9 heteroatoms. The van der Waals surface area contributed by atoms with Crippen molar-refractivity contribution in [3.05, 3.63) is 67.7 Å². The van der Waals surface area contributed by atoms with Crippen LogP contribution in [0.15, 0.2) is 36.4 Å². The lowest BCUT2D eigenvalue weighted by Gasteiger charge is -2.10. The lowest BCUT2D eigenvalue weighted by molar-refractivity contribution is -0.384. The van der Waals surface area contributed by atoms with Crippen LogP contribution in [0.1, 0.15) is 27.6 Å². The number of nitrogens with zero attached hydrogens (tertiary/aromatic N) is 1. The first kappa shape index (κ1) is 18.7. The van der Waals surface area contributed by atoms with Crippen LogP contribution in [-0.4, -0.2) is 23.4 Å². The number of halogens is 2. The second-order valence-electron chi connectivity index (χ2n) is 4.79. The highest BCUT2D eigenvalue weighted by atomic mass is 35.5. The van der Waals surface area contributed by atoms with Gasteiger partial charge in [0, 0.05) is 12.1 Å². The molecule has 0 spiro atoms. The maximum absolute atomic E-state index is 12.3. The van der Waals surface area contributed by atoms with E-state index in [-0.39, 0.29) is 39.2 Å². The Bertz CT molecular complexity index is 854. The molecule has 2 aromatic carbocycles. The second-order valence-corrected chi connectivity index (χ2v) is 5.60. The van der Waals surface area contributed by atoms with Crippen molar-refractivity contribution in [2.24, 2.45) is 0 Å². The van der Waals surface area contributed by atoms with Gasteiger partial charge in [-0.1, -0.05) is 23.2 Å². The van der Waals surface area contributed by atoms with Crippen LogP contribution in [-0.2, 0) is 4.74 Å². The van der Waals surface area contributed by atoms with Crippen molar-refractivity contribution in [2.45, 2.75) is 6.92 Å². The Kier molecular flexibility index (Phi) is 5.95. The van der Waals surface area contributed by atoms with E-state index in [1.54, 1.807) is 6.92 Å². The van der Waals surface area contributed by atoms with Crippen molar-refractivity contribution in [3.8, 4) is 0 Å². The highest BCUT2D eigenvalue weighted by Gasteiger charge is 2.17. The third-order valence-electron chi connectivity index (χ3n) is 3.14. The Morgan fingerprint density at radius 2 is 1.88 bits per heavy atom. The first-order valence-electron chi connectivity index (χ1n) is 7.05. The number of non-ortho nitro benzene ring substituents is 1. The largest absolute Gasteiger partial charge is 0.462 e. The van der Waals surface area contributed by atoms with Crippen LogP contribution in [0, 0.1) is 10.1 Å². The molecule has 25 heavy (non-hydrogen) atoms. The highest BCUT2D eigenvalue weighted by molar-refractivity contribution is 6.36. The van der Waals surface area contributed by atoms with E-state index in [9.17, 15) is 19.7 Å². The number of nitro groups is 1. The van der Waals surface area contributed by atoms with E-state index in [4.69, 9.17) is 27.9 Å². The van der Waals surface area contributed by atoms with Crippen LogP contribution in [0.4, 0.5) is 11.4 Å². The van der Waals surface area contributed by atoms with Crippen LogP contribution >= 0.6 is 23.2 Å². The molecule has 0 aliphatic heterocycles. The Labute approximate surface area is 152 Å². The fourth-order valence-corrected chi connectivity index (χ4v) is 2.44. The number of anilines is 1. The quantitative estimate of drug-likeness (QED) is 0.471. The summed E-state index contributed by atoms with van der Waals surface area (Å²) < 4.78 is 4.86. The van der Waals surface area contributed by atoms with Crippen molar-refractivity contribution in [3.63, 3.8) is 0 Å². The van der Waals surface area contributed by atoms with Gasteiger partial charge in [0.25, 0.3) is 11.6 Å². The number of ether oxygens (including phenoxy) is 1. The molecular formula is C16H12Cl2N2O5. The van der Waals surface area contributed by atoms with Gasteiger partial charge in [0.15, 0.2) is 0 Å². The van der Waals surface area contributed by atoms with Gasteiger partial charge in [-0.25, -0.2) is 4.79 Å². The minimum absolute atomic E-state index is 0.0535. The van der Waals surface area contributed by atoms with E-state index in [0.29, 0.717) is 0 Å². The number of benzene rings is 2. The number of nitrogens with one attached hydrogen (secondary N) is 1. The third kappa shape index (κ3) is 4.46. The van der Waals surface area contributed by atoms with E-state index in [1.165, 1.54) is 30.3 Å². The van der Waals surface area contributed by atoms with Gasteiger partial charge in [-0.15, -0.1) is 0 Å². The molecule has 0 aliphatic carbocycles. The summed E-state index contributed by atoms with van der Waals surface area (Å²) in [5.74, 6) is -1.12. The molecule has 0 saturated carbocycles. The molecule has 0 fully saturated rings. The molecule has 0 atom stereocenters. The molecule has 0 bridgehead atoms. The number of hydrogen-bond acceptors (Lipinski definition) is 5. The summed E-state index contributed by atoms with van der Waals surface area (Å²) in [4.78, 5) is 34.0. The van der Waals surface area contributed by atoms with Crippen molar-refractivity contribution in [1.29, 1.82) is 0 Å². The number of hydrogen-bond donors (Lipinski definition) is 1. The average Bonchev–Trinajstić information content (AvgIpc) is 2.56. The number of amides is 1. The van der Waals surface area contributed by atoms with Gasteiger partial charge in [0.05, 0.1) is 38.4 Å². The molecule has 2 aromatic rings. The van der Waals surface area contributed by atoms with Gasteiger partial charge in [-0.05, 0) is 31.2 Å². The molecule has 1 amide bonds. The van der Waals surface area contributed by atoms with E-state index in [2.05, 4.69) is 5.32 Å². The SMILES string of the molecule is CCOC(=O)c1ccc(NC(=O)c2ccc([N+](=O)[O-])cc2Cl)c(Cl)c1. The summed E-state index contributed by atoms with van der Waals surface area (Å²) >= 11 is 12.0. The Balaban J connectivity index is 2.21. The molecule has 0 aliphatic rings. The zero-order valence-electron chi connectivity index (χ0n) is 12.9.